The lowest BCUT2D eigenvalue weighted by atomic mass is 10.1. The van der Waals surface area contributed by atoms with E-state index < -0.39 is 0 Å². The van der Waals surface area contributed by atoms with Gasteiger partial charge in [-0.15, -0.1) is 0 Å². The molecule has 0 atom stereocenters. The van der Waals surface area contributed by atoms with E-state index in [4.69, 9.17) is 4.74 Å². The summed E-state index contributed by atoms with van der Waals surface area (Å²) in [6, 6.07) is 15.9. The zero-order chi connectivity index (χ0) is 20.5. The van der Waals surface area contributed by atoms with Crippen LogP contribution in [0.5, 0.6) is 5.75 Å². The molecule has 0 bridgehead atoms. The van der Waals surface area contributed by atoms with Gasteiger partial charge in [0.15, 0.2) is 0 Å². The number of para-hydroxylation sites is 1. The number of ether oxygens (including phenoxy) is 1. The van der Waals surface area contributed by atoms with Crippen LogP contribution in [0.25, 0.3) is 0 Å². The monoisotopic (exact) mass is 391 g/mol. The number of aryl methyl sites for hydroxylation is 2. The van der Waals surface area contributed by atoms with Crippen molar-refractivity contribution in [2.45, 2.75) is 39.7 Å². The summed E-state index contributed by atoms with van der Waals surface area (Å²) in [7, 11) is 0. The first-order chi connectivity index (χ1) is 14.2. The largest absolute Gasteiger partial charge is 0.493 e. The molecule has 3 rings (SSSR count). The van der Waals surface area contributed by atoms with Crippen molar-refractivity contribution >= 4 is 5.91 Å². The molecule has 0 aliphatic rings. The minimum atomic E-state index is -0.0362. The van der Waals surface area contributed by atoms with Gasteiger partial charge in [-0.25, -0.2) is 4.98 Å². The number of imidazole rings is 1. The number of hydrogen-bond donors (Lipinski definition) is 1. The molecular weight excluding hydrogens is 362 g/mol. The average molecular weight is 392 g/mol. The van der Waals surface area contributed by atoms with E-state index >= 15 is 0 Å². The Hall–Kier alpha value is -3.08. The Morgan fingerprint density at radius 2 is 1.93 bits per heavy atom. The highest BCUT2D eigenvalue weighted by Gasteiger charge is 2.07. The third-order valence-corrected chi connectivity index (χ3v) is 4.84. The topological polar surface area (TPSA) is 56.1 Å². The molecule has 0 fully saturated rings. The maximum atomic E-state index is 12.4. The van der Waals surface area contributed by atoms with Crippen LogP contribution in [0.3, 0.4) is 0 Å². The highest BCUT2D eigenvalue weighted by atomic mass is 16.5. The summed E-state index contributed by atoms with van der Waals surface area (Å²) < 4.78 is 7.88. The zero-order valence-corrected chi connectivity index (χ0v) is 17.2. The van der Waals surface area contributed by atoms with Crippen LogP contribution in [0.1, 0.15) is 47.1 Å². The van der Waals surface area contributed by atoms with E-state index in [9.17, 15) is 4.79 Å². The molecule has 0 radical (unpaired) electrons. The summed E-state index contributed by atoms with van der Waals surface area (Å²) in [5, 5.41) is 3.01. The first kappa shape index (κ1) is 20.6. The SMILES string of the molecule is CCCOc1ccccc1CCCNC(=O)c1ccc(Cn2ccnc2C)cc1. The summed E-state index contributed by atoms with van der Waals surface area (Å²) in [5.41, 5.74) is 3.02. The molecule has 0 unspecified atom stereocenters. The number of carbonyl (C=O) groups excluding carboxylic acids is 1. The number of carbonyl (C=O) groups is 1. The fraction of sp³-hybridized carbons (Fsp3) is 0.333. The molecule has 0 saturated heterocycles. The number of rotatable bonds is 10. The standard InChI is InChI=1S/C24H29N3O2/c1-3-17-29-23-9-5-4-7-21(23)8-6-14-26-24(28)22-12-10-20(11-13-22)18-27-16-15-25-19(27)2/h4-5,7,9-13,15-16H,3,6,8,14,17-18H2,1-2H3,(H,26,28). The van der Waals surface area contributed by atoms with Gasteiger partial charge in [0.1, 0.15) is 11.6 Å². The summed E-state index contributed by atoms with van der Waals surface area (Å²) >= 11 is 0. The highest BCUT2D eigenvalue weighted by molar-refractivity contribution is 5.94. The van der Waals surface area contributed by atoms with Crippen LogP contribution in [0.2, 0.25) is 0 Å². The lowest BCUT2D eigenvalue weighted by molar-refractivity contribution is 0.0953. The molecule has 3 aromatic rings. The summed E-state index contributed by atoms with van der Waals surface area (Å²) in [6.45, 7) is 6.20. The predicted octanol–water partition coefficient (Wildman–Crippen LogP) is 4.39. The molecule has 5 heteroatoms. The number of aromatic nitrogens is 2. The van der Waals surface area contributed by atoms with Crippen LogP contribution in [0.4, 0.5) is 0 Å². The van der Waals surface area contributed by atoms with E-state index in [1.165, 1.54) is 5.56 Å². The zero-order valence-electron chi connectivity index (χ0n) is 17.2. The third kappa shape index (κ3) is 5.95. The number of nitrogens with one attached hydrogen (secondary N) is 1. The third-order valence-electron chi connectivity index (χ3n) is 4.84. The molecule has 0 spiro atoms. The van der Waals surface area contributed by atoms with Crippen LogP contribution < -0.4 is 10.1 Å². The lowest BCUT2D eigenvalue weighted by Crippen LogP contribution is -2.24. The number of amides is 1. The van der Waals surface area contributed by atoms with Gasteiger partial charge in [0, 0.05) is 31.0 Å². The Morgan fingerprint density at radius 3 is 2.66 bits per heavy atom. The fourth-order valence-corrected chi connectivity index (χ4v) is 3.18. The van der Waals surface area contributed by atoms with Crippen LogP contribution in [-0.4, -0.2) is 28.6 Å². The Bertz CT molecular complexity index is 916. The van der Waals surface area contributed by atoms with E-state index in [2.05, 4.69) is 27.9 Å². The molecule has 0 aliphatic carbocycles. The van der Waals surface area contributed by atoms with Gasteiger partial charge in [-0.05, 0) is 55.5 Å². The van der Waals surface area contributed by atoms with Crippen LogP contribution in [0, 0.1) is 6.92 Å². The molecule has 5 nitrogen and oxygen atoms in total. The highest BCUT2D eigenvalue weighted by Crippen LogP contribution is 2.19. The van der Waals surface area contributed by atoms with Gasteiger partial charge in [-0.1, -0.05) is 37.3 Å². The summed E-state index contributed by atoms with van der Waals surface area (Å²) in [6.07, 6.45) is 6.50. The van der Waals surface area contributed by atoms with Crippen molar-refractivity contribution in [3.05, 3.63) is 83.4 Å². The number of benzene rings is 2. The van der Waals surface area contributed by atoms with E-state index in [0.29, 0.717) is 12.1 Å². The number of nitrogens with zero attached hydrogens (tertiary/aromatic N) is 2. The van der Waals surface area contributed by atoms with Crippen molar-refractivity contribution in [1.82, 2.24) is 14.9 Å². The second kappa shape index (κ2) is 10.5. The Labute approximate surface area is 172 Å². The second-order valence-electron chi connectivity index (χ2n) is 7.11. The van der Waals surface area contributed by atoms with Crippen molar-refractivity contribution in [2.24, 2.45) is 0 Å². The average Bonchev–Trinajstić information content (AvgIpc) is 3.15. The normalized spacial score (nSPS) is 10.7. The summed E-state index contributed by atoms with van der Waals surface area (Å²) in [5.74, 6) is 1.89. The summed E-state index contributed by atoms with van der Waals surface area (Å²) in [4.78, 5) is 16.6. The van der Waals surface area contributed by atoms with Gasteiger partial charge in [0.2, 0.25) is 0 Å². The van der Waals surface area contributed by atoms with E-state index in [1.807, 2.05) is 55.6 Å². The first-order valence-corrected chi connectivity index (χ1v) is 10.2. The molecule has 1 aromatic heterocycles. The van der Waals surface area contributed by atoms with Crippen molar-refractivity contribution in [1.29, 1.82) is 0 Å². The van der Waals surface area contributed by atoms with Crippen LogP contribution in [-0.2, 0) is 13.0 Å². The first-order valence-electron chi connectivity index (χ1n) is 10.2. The molecule has 2 aromatic carbocycles. The quantitative estimate of drug-likeness (QED) is 0.522. The van der Waals surface area contributed by atoms with Gasteiger partial charge in [0.25, 0.3) is 5.91 Å². The van der Waals surface area contributed by atoms with E-state index in [1.54, 1.807) is 6.20 Å². The molecule has 1 N–H and O–H groups in total. The van der Waals surface area contributed by atoms with Gasteiger partial charge in [0.05, 0.1) is 6.61 Å². The Balaban J connectivity index is 1.46. The van der Waals surface area contributed by atoms with E-state index in [0.717, 1.165) is 49.6 Å². The lowest BCUT2D eigenvalue weighted by Gasteiger charge is -2.11. The minimum Gasteiger partial charge on any atom is -0.493 e. The van der Waals surface area contributed by atoms with Gasteiger partial charge in [-0.3, -0.25) is 4.79 Å². The van der Waals surface area contributed by atoms with Gasteiger partial charge < -0.3 is 14.6 Å². The molecule has 0 aliphatic heterocycles. The Morgan fingerprint density at radius 1 is 1.14 bits per heavy atom. The van der Waals surface area contributed by atoms with Crippen LogP contribution >= 0.6 is 0 Å². The van der Waals surface area contributed by atoms with Crippen molar-refractivity contribution in [3.8, 4) is 5.75 Å². The Kier molecular flexibility index (Phi) is 7.45. The molecular formula is C24H29N3O2. The van der Waals surface area contributed by atoms with Crippen molar-refractivity contribution in [3.63, 3.8) is 0 Å². The van der Waals surface area contributed by atoms with Gasteiger partial charge >= 0.3 is 0 Å². The minimum absolute atomic E-state index is 0.0362. The van der Waals surface area contributed by atoms with Gasteiger partial charge in [-0.2, -0.15) is 0 Å². The maximum Gasteiger partial charge on any atom is 0.251 e. The molecule has 29 heavy (non-hydrogen) atoms. The second-order valence-corrected chi connectivity index (χ2v) is 7.11. The molecule has 152 valence electrons. The van der Waals surface area contributed by atoms with E-state index in [-0.39, 0.29) is 5.91 Å². The smallest absolute Gasteiger partial charge is 0.251 e. The predicted molar refractivity (Wildman–Crippen MR) is 115 cm³/mol. The van der Waals surface area contributed by atoms with Crippen molar-refractivity contribution in [2.75, 3.05) is 13.2 Å². The number of hydrogen-bond acceptors (Lipinski definition) is 3. The fourth-order valence-electron chi connectivity index (χ4n) is 3.18. The van der Waals surface area contributed by atoms with Crippen LogP contribution in [0.15, 0.2) is 60.9 Å². The maximum absolute atomic E-state index is 12.4. The molecule has 1 amide bonds. The molecule has 1 heterocycles. The van der Waals surface area contributed by atoms with Crippen molar-refractivity contribution < 1.29 is 9.53 Å². The molecule has 0 saturated carbocycles.